The second-order valence-electron chi connectivity index (χ2n) is 4.13. The Labute approximate surface area is 112 Å². The normalized spacial score (nSPS) is 9.42. The first-order valence-corrected chi connectivity index (χ1v) is 5.77. The Morgan fingerprint density at radius 3 is 2.00 bits per heavy atom. The Morgan fingerprint density at radius 1 is 1.11 bits per heavy atom. The van der Waals surface area contributed by atoms with Crippen LogP contribution in [0.15, 0.2) is 30.3 Å². The van der Waals surface area contributed by atoms with Gasteiger partial charge in [-0.2, -0.15) is 0 Å². The predicted molar refractivity (Wildman–Crippen MR) is 74.1 cm³/mol. The Kier molecular flexibility index (Phi) is 5.00. The SMILES string of the molecule is Cc1cc(C)nc(N)n1.Cc1ccccc1C(=O)O. The first-order valence-electron chi connectivity index (χ1n) is 5.77. The number of aromatic nitrogens is 2. The molecule has 0 fully saturated rings. The maximum Gasteiger partial charge on any atom is 0.335 e. The fraction of sp³-hybridized carbons (Fsp3) is 0.214. The number of hydrogen-bond donors (Lipinski definition) is 2. The van der Waals surface area contributed by atoms with E-state index < -0.39 is 5.97 Å². The number of nitrogens with zero attached hydrogens (tertiary/aromatic N) is 2. The van der Waals surface area contributed by atoms with Crippen molar-refractivity contribution in [3.05, 3.63) is 52.8 Å². The molecule has 1 aromatic carbocycles. The van der Waals surface area contributed by atoms with Crippen molar-refractivity contribution in [3.63, 3.8) is 0 Å². The maximum absolute atomic E-state index is 10.4. The van der Waals surface area contributed by atoms with Gasteiger partial charge in [0, 0.05) is 11.4 Å². The molecule has 3 N–H and O–H groups in total. The first kappa shape index (κ1) is 14.6. The van der Waals surface area contributed by atoms with Crippen LogP contribution in [0.25, 0.3) is 0 Å². The highest BCUT2D eigenvalue weighted by molar-refractivity contribution is 5.89. The Morgan fingerprint density at radius 2 is 1.63 bits per heavy atom. The largest absolute Gasteiger partial charge is 0.478 e. The lowest BCUT2D eigenvalue weighted by Gasteiger charge is -1.96. The molecule has 2 aromatic rings. The third-order valence-electron chi connectivity index (χ3n) is 2.38. The van der Waals surface area contributed by atoms with Gasteiger partial charge in [-0.1, -0.05) is 18.2 Å². The highest BCUT2D eigenvalue weighted by Crippen LogP contribution is 2.05. The molecule has 0 spiro atoms. The van der Waals surface area contributed by atoms with Gasteiger partial charge in [0.1, 0.15) is 0 Å². The van der Waals surface area contributed by atoms with Gasteiger partial charge in [-0.25, -0.2) is 14.8 Å². The second kappa shape index (κ2) is 6.49. The molecule has 0 amide bonds. The molecule has 5 heteroatoms. The van der Waals surface area contributed by atoms with E-state index in [4.69, 9.17) is 10.8 Å². The maximum atomic E-state index is 10.4. The fourth-order valence-electron chi connectivity index (χ4n) is 1.57. The Bertz CT molecular complexity index is 532. The number of nitrogen functional groups attached to an aromatic ring is 1. The van der Waals surface area contributed by atoms with Crippen molar-refractivity contribution >= 4 is 11.9 Å². The number of benzene rings is 1. The zero-order valence-corrected chi connectivity index (χ0v) is 11.2. The smallest absolute Gasteiger partial charge is 0.335 e. The van der Waals surface area contributed by atoms with Gasteiger partial charge in [0.25, 0.3) is 0 Å². The van der Waals surface area contributed by atoms with Crippen molar-refractivity contribution in [2.24, 2.45) is 0 Å². The summed E-state index contributed by atoms with van der Waals surface area (Å²) in [7, 11) is 0. The average Bonchev–Trinajstić information content (AvgIpc) is 2.27. The van der Waals surface area contributed by atoms with E-state index in [1.54, 1.807) is 25.1 Å². The number of anilines is 1. The van der Waals surface area contributed by atoms with Gasteiger partial charge in [0.15, 0.2) is 0 Å². The third-order valence-corrected chi connectivity index (χ3v) is 2.38. The summed E-state index contributed by atoms with van der Waals surface area (Å²) in [4.78, 5) is 18.2. The number of carboxylic acid groups (broad SMARTS) is 1. The van der Waals surface area contributed by atoms with E-state index in [1.165, 1.54) is 0 Å². The van der Waals surface area contributed by atoms with Gasteiger partial charge >= 0.3 is 5.97 Å². The highest BCUT2D eigenvalue weighted by Gasteiger charge is 2.02. The molecule has 0 bridgehead atoms. The molecule has 0 radical (unpaired) electrons. The molecule has 5 nitrogen and oxygen atoms in total. The van der Waals surface area contributed by atoms with Gasteiger partial charge in [-0.3, -0.25) is 0 Å². The van der Waals surface area contributed by atoms with Crippen molar-refractivity contribution < 1.29 is 9.90 Å². The second-order valence-corrected chi connectivity index (χ2v) is 4.13. The minimum Gasteiger partial charge on any atom is -0.478 e. The van der Waals surface area contributed by atoms with Crippen LogP contribution in [0.4, 0.5) is 5.95 Å². The summed E-state index contributed by atoms with van der Waals surface area (Å²) in [5, 5.41) is 8.57. The molecule has 0 saturated carbocycles. The van der Waals surface area contributed by atoms with Crippen LogP contribution in [0.3, 0.4) is 0 Å². The van der Waals surface area contributed by atoms with Crippen molar-refractivity contribution in [1.82, 2.24) is 9.97 Å². The number of carbonyl (C=O) groups is 1. The molecule has 1 aromatic heterocycles. The van der Waals surface area contributed by atoms with Crippen LogP contribution in [0.2, 0.25) is 0 Å². The van der Waals surface area contributed by atoms with Crippen LogP contribution in [0, 0.1) is 20.8 Å². The first-order chi connectivity index (χ1) is 8.90. The molecular weight excluding hydrogens is 242 g/mol. The average molecular weight is 259 g/mol. The van der Waals surface area contributed by atoms with Gasteiger partial charge in [0.05, 0.1) is 5.56 Å². The van der Waals surface area contributed by atoms with Crippen molar-refractivity contribution in [2.75, 3.05) is 5.73 Å². The third kappa shape index (κ3) is 4.75. The molecule has 0 saturated heterocycles. The van der Waals surface area contributed by atoms with Crippen molar-refractivity contribution in [1.29, 1.82) is 0 Å². The van der Waals surface area contributed by atoms with E-state index in [1.807, 2.05) is 26.0 Å². The molecule has 2 rings (SSSR count). The van der Waals surface area contributed by atoms with Crippen molar-refractivity contribution in [3.8, 4) is 0 Å². The summed E-state index contributed by atoms with van der Waals surface area (Å²) in [6, 6.07) is 8.80. The molecular formula is C14H17N3O2. The fourth-order valence-corrected chi connectivity index (χ4v) is 1.57. The van der Waals surface area contributed by atoms with Crippen LogP contribution < -0.4 is 5.73 Å². The monoisotopic (exact) mass is 259 g/mol. The molecule has 0 unspecified atom stereocenters. The number of nitrogens with two attached hydrogens (primary N) is 1. The van der Waals surface area contributed by atoms with Crippen LogP contribution in [0.1, 0.15) is 27.3 Å². The summed E-state index contributed by atoms with van der Waals surface area (Å²) >= 11 is 0. The number of hydrogen-bond acceptors (Lipinski definition) is 4. The van der Waals surface area contributed by atoms with E-state index in [0.29, 0.717) is 11.5 Å². The summed E-state index contributed by atoms with van der Waals surface area (Å²) in [6.07, 6.45) is 0. The lowest BCUT2D eigenvalue weighted by atomic mass is 10.1. The summed E-state index contributed by atoms with van der Waals surface area (Å²) in [5.74, 6) is -0.509. The highest BCUT2D eigenvalue weighted by atomic mass is 16.4. The molecule has 1 heterocycles. The summed E-state index contributed by atoms with van der Waals surface area (Å²) in [5.41, 5.74) is 8.35. The van der Waals surface area contributed by atoms with Gasteiger partial charge in [-0.05, 0) is 38.5 Å². The lowest BCUT2D eigenvalue weighted by Crippen LogP contribution is -1.97. The van der Waals surface area contributed by atoms with E-state index in [2.05, 4.69) is 9.97 Å². The lowest BCUT2D eigenvalue weighted by molar-refractivity contribution is 0.0696. The molecule has 0 aliphatic rings. The number of rotatable bonds is 1. The number of carboxylic acids is 1. The van der Waals surface area contributed by atoms with E-state index in [0.717, 1.165) is 17.0 Å². The van der Waals surface area contributed by atoms with Gasteiger partial charge < -0.3 is 10.8 Å². The molecule has 0 aliphatic carbocycles. The van der Waals surface area contributed by atoms with Crippen LogP contribution in [-0.2, 0) is 0 Å². The van der Waals surface area contributed by atoms with Crippen LogP contribution in [-0.4, -0.2) is 21.0 Å². The standard InChI is InChI=1S/C8H8O2.C6H9N3/c1-6-4-2-3-5-7(6)8(9)10;1-4-3-5(2)9-6(7)8-4/h2-5H,1H3,(H,9,10);3H,1-2H3,(H2,7,8,9). The minimum absolute atomic E-state index is 0.354. The van der Waals surface area contributed by atoms with Crippen LogP contribution >= 0.6 is 0 Å². The molecule has 0 atom stereocenters. The Balaban J connectivity index is 0.000000191. The zero-order chi connectivity index (χ0) is 14.4. The number of aromatic carboxylic acids is 1. The summed E-state index contributed by atoms with van der Waals surface area (Å²) in [6.45, 7) is 5.57. The van der Waals surface area contributed by atoms with E-state index >= 15 is 0 Å². The molecule has 19 heavy (non-hydrogen) atoms. The minimum atomic E-state index is -0.863. The topological polar surface area (TPSA) is 89.1 Å². The van der Waals surface area contributed by atoms with E-state index in [9.17, 15) is 4.79 Å². The van der Waals surface area contributed by atoms with Gasteiger partial charge in [0.2, 0.25) is 5.95 Å². The zero-order valence-electron chi connectivity index (χ0n) is 11.2. The molecule has 100 valence electrons. The predicted octanol–water partition coefficient (Wildman–Crippen LogP) is 2.37. The number of aryl methyl sites for hydroxylation is 3. The quantitative estimate of drug-likeness (QED) is 0.820. The summed E-state index contributed by atoms with van der Waals surface area (Å²) < 4.78 is 0. The van der Waals surface area contributed by atoms with Crippen molar-refractivity contribution in [2.45, 2.75) is 20.8 Å². The Hall–Kier alpha value is -2.43. The molecule has 0 aliphatic heterocycles. The van der Waals surface area contributed by atoms with E-state index in [-0.39, 0.29) is 0 Å². The van der Waals surface area contributed by atoms with Gasteiger partial charge in [-0.15, -0.1) is 0 Å². The van der Waals surface area contributed by atoms with Crippen LogP contribution in [0.5, 0.6) is 0 Å².